The molecule has 1 heterocycles. The SMILES string of the molecule is CC(C(=O)O)N(C)S(=O)(=O)c1ccc(S(=O)(=O)N2CCCCC2)cc1. The topological polar surface area (TPSA) is 112 Å². The lowest BCUT2D eigenvalue weighted by atomic mass is 10.2. The Morgan fingerprint density at radius 3 is 2.00 bits per heavy atom. The van der Waals surface area contributed by atoms with Crippen LogP contribution in [0.2, 0.25) is 0 Å². The van der Waals surface area contributed by atoms with Crippen LogP contribution in [0, 0.1) is 0 Å². The van der Waals surface area contributed by atoms with Crippen LogP contribution < -0.4 is 0 Å². The third-order valence-electron chi connectivity index (χ3n) is 4.36. The molecule has 1 N–H and O–H groups in total. The van der Waals surface area contributed by atoms with Crippen molar-refractivity contribution in [3.8, 4) is 0 Å². The van der Waals surface area contributed by atoms with E-state index in [0.717, 1.165) is 23.6 Å². The van der Waals surface area contributed by atoms with Crippen LogP contribution in [0.15, 0.2) is 34.1 Å². The minimum absolute atomic E-state index is 0.0299. The first-order valence-corrected chi connectivity index (χ1v) is 10.8. The summed E-state index contributed by atoms with van der Waals surface area (Å²) < 4.78 is 52.2. The molecule has 1 fully saturated rings. The molecular formula is C15H22N2O6S2. The van der Waals surface area contributed by atoms with E-state index in [-0.39, 0.29) is 9.79 Å². The number of aliphatic carboxylic acids is 1. The van der Waals surface area contributed by atoms with Gasteiger partial charge >= 0.3 is 5.97 Å². The van der Waals surface area contributed by atoms with Crippen LogP contribution in [0.25, 0.3) is 0 Å². The highest BCUT2D eigenvalue weighted by Gasteiger charge is 2.30. The second kappa shape index (κ2) is 7.40. The molecule has 10 heteroatoms. The maximum Gasteiger partial charge on any atom is 0.321 e. The number of hydrogen-bond donors (Lipinski definition) is 1. The van der Waals surface area contributed by atoms with Crippen molar-refractivity contribution in [2.45, 2.75) is 42.0 Å². The van der Waals surface area contributed by atoms with E-state index in [0.29, 0.717) is 13.1 Å². The molecule has 1 aromatic rings. The second-order valence-corrected chi connectivity index (χ2v) is 9.91. The Bertz CT molecular complexity index is 827. The molecule has 0 saturated carbocycles. The highest BCUT2D eigenvalue weighted by atomic mass is 32.2. The van der Waals surface area contributed by atoms with Gasteiger partial charge in [-0.2, -0.15) is 8.61 Å². The number of carboxylic acids is 1. The number of piperidine rings is 1. The Labute approximate surface area is 148 Å². The molecule has 1 aromatic carbocycles. The first-order valence-electron chi connectivity index (χ1n) is 7.89. The summed E-state index contributed by atoms with van der Waals surface area (Å²) >= 11 is 0. The van der Waals surface area contributed by atoms with Crippen molar-refractivity contribution >= 4 is 26.0 Å². The standard InChI is InChI=1S/C15H22N2O6S2/c1-12(15(18)19)16(2)24(20,21)13-6-8-14(9-7-13)25(22,23)17-10-4-3-5-11-17/h6-9,12H,3-5,10-11H2,1-2H3,(H,18,19). The third-order valence-corrected chi connectivity index (χ3v) is 8.21. The van der Waals surface area contributed by atoms with Gasteiger partial charge in [0.1, 0.15) is 6.04 Å². The summed E-state index contributed by atoms with van der Waals surface area (Å²) in [5.41, 5.74) is 0. The second-order valence-electron chi connectivity index (χ2n) is 5.97. The van der Waals surface area contributed by atoms with Gasteiger partial charge in [0.15, 0.2) is 0 Å². The molecule has 25 heavy (non-hydrogen) atoms. The molecule has 0 amide bonds. The van der Waals surface area contributed by atoms with Gasteiger partial charge in [0.05, 0.1) is 9.79 Å². The number of rotatable bonds is 6. The average Bonchev–Trinajstić information content (AvgIpc) is 2.61. The first kappa shape index (κ1) is 19.8. The number of carbonyl (C=O) groups is 1. The molecule has 1 unspecified atom stereocenters. The van der Waals surface area contributed by atoms with Crippen molar-refractivity contribution in [3.63, 3.8) is 0 Å². The highest BCUT2D eigenvalue weighted by molar-refractivity contribution is 7.89. The van der Waals surface area contributed by atoms with Crippen molar-refractivity contribution in [2.75, 3.05) is 20.1 Å². The quantitative estimate of drug-likeness (QED) is 0.774. The van der Waals surface area contributed by atoms with E-state index in [1.807, 2.05) is 0 Å². The Morgan fingerprint density at radius 1 is 1.04 bits per heavy atom. The number of benzene rings is 1. The van der Waals surface area contributed by atoms with Crippen molar-refractivity contribution < 1.29 is 26.7 Å². The number of sulfonamides is 2. The van der Waals surface area contributed by atoms with Crippen LogP contribution in [-0.2, 0) is 24.8 Å². The number of hydrogen-bond acceptors (Lipinski definition) is 5. The molecule has 1 aliphatic rings. The average molecular weight is 390 g/mol. The van der Waals surface area contributed by atoms with Gasteiger partial charge in [-0.25, -0.2) is 16.8 Å². The molecule has 2 rings (SSSR count). The fourth-order valence-corrected chi connectivity index (χ4v) is 5.40. The fraction of sp³-hybridized carbons (Fsp3) is 0.533. The van der Waals surface area contributed by atoms with Gasteiger partial charge < -0.3 is 5.11 Å². The summed E-state index contributed by atoms with van der Waals surface area (Å²) in [6.45, 7) is 2.18. The fourth-order valence-electron chi connectivity index (χ4n) is 2.57. The molecule has 8 nitrogen and oxygen atoms in total. The minimum Gasteiger partial charge on any atom is -0.480 e. The zero-order valence-corrected chi connectivity index (χ0v) is 15.8. The maximum atomic E-state index is 12.6. The van der Waals surface area contributed by atoms with E-state index in [4.69, 9.17) is 5.11 Å². The summed E-state index contributed by atoms with van der Waals surface area (Å²) in [6, 6.07) is 3.64. The Balaban J connectivity index is 2.28. The van der Waals surface area contributed by atoms with Gasteiger partial charge in [0.2, 0.25) is 20.0 Å². The molecule has 1 atom stereocenters. The summed E-state index contributed by atoms with van der Waals surface area (Å²) in [7, 11) is -6.50. The first-order chi connectivity index (χ1) is 11.6. The smallest absolute Gasteiger partial charge is 0.321 e. The van der Waals surface area contributed by atoms with E-state index < -0.39 is 32.1 Å². The lowest BCUT2D eigenvalue weighted by Gasteiger charge is -2.26. The minimum atomic E-state index is -4.03. The molecule has 0 aliphatic carbocycles. The maximum absolute atomic E-state index is 12.6. The van der Waals surface area contributed by atoms with Gasteiger partial charge in [0, 0.05) is 20.1 Å². The molecule has 0 radical (unpaired) electrons. The van der Waals surface area contributed by atoms with Crippen LogP contribution in [0.3, 0.4) is 0 Å². The van der Waals surface area contributed by atoms with Crippen molar-refractivity contribution in [2.24, 2.45) is 0 Å². The van der Waals surface area contributed by atoms with Crippen molar-refractivity contribution in [1.82, 2.24) is 8.61 Å². The Hall–Kier alpha value is -1.49. The Kier molecular flexibility index (Phi) is 5.87. The molecule has 0 spiro atoms. The number of likely N-dealkylation sites (N-methyl/N-ethyl adjacent to an activating group) is 1. The monoisotopic (exact) mass is 390 g/mol. The van der Waals surface area contributed by atoms with Gasteiger partial charge in [-0.3, -0.25) is 4.79 Å². The van der Waals surface area contributed by atoms with E-state index in [1.165, 1.54) is 42.5 Å². The zero-order chi connectivity index (χ0) is 18.8. The van der Waals surface area contributed by atoms with Crippen molar-refractivity contribution in [3.05, 3.63) is 24.3 Å². The predicted molar refractivity (Wildman–Crippen MR) is 91.1 cm³/mol. The largest absolute Gasteiger partial charge is 0.480 e. The lowest BCUT2D eigenvalue weighted by molar-refractivity contribution is -0.140. The normalized spacial score (nSPS) is 18.2. The Morgan fingerprint density at radius 2 is 1.52 bits per heavy atom. The van der Waals surface area contributed by atoms with E-state index in [9.17, 15) is 21.6 Å². The highest BCUT2D eigenvalue weighted by Crippen LogP contribution is 2.23. The zero-order valence-electron chi connectivity index (χ0n) is 14.1. The van der Waals surface area contributed by atoms with Crippen LogP contribution in [0.5, 0.6) is 0 Å². The number of nitrogens with zero attached hydrogens (tertiary/aromatic N) is 2. The summed E-state index contributed by atoms with van der Waals surface area (Å²) in [5.74, 6) is -1.27. The van der Waals surface area contributed by atoms with Crippen LogP contribution in [-0.4, -0.2) is 62.7 Å². The predicted octanol–water partition coefficient (Wildman–Crippen LogP) is 0.955. The van der Waals surface area contributed by atoms with Gasteiger partial charge in [-0.15, -0.1) is 0 Å². The summed E-state index contributed by atoms with van der Waals surface area (Å²) in [6.07, 6.45) is 2.62. The third kappa shape index (κ3) is 4.02. The van der Waals surface area contributed by atoms with Gasteiger partial charge in [-0.05, 0) is 44.0 Å². The molecule has 1 saturated heterocycles. The lowest BCUT2D eigenvalue weighted by Crippen LogP contribution is -2.40. The van der Waals surface area contributed by atoms with Crippen LogP contribution >= 0.6 is 0 Å². The van der Waals surface area contributed by atoms with Crippen molar-refractivity contribution in [1.29, 1.82) is 0 Å². The molecule has 0 aromatic heterocycles. The summed E-state index contributed by atoms with van der Waals surface area (Å²) in [5, 5.41) is 8.97. The van der Waals surface area contributed by atoms with E-state index >= 15 is 0 Å². The van der Waals surface area contributed by atoms with Gasteiger partial charge in [-0.1, -0.05) is 6.42 Å². The summed E-state index contributed by atoms with van der Waals surface area (Å²) in [4.78, 5) is 10.9. The molecule has 1 aliphatic heterocycles. The van der Waals surface area contributed by atoms with E-state index in [2.05, 4.69) is 0 Å². The number of carboxylic acid groups (broad SMARTS) is 1. The van der Waals surface area contributed by atoms with Crippen LogP contribution in [0.4, 0.5) is 0 Å². The molecule has 140 valence electrons. The van der Waals surface area contributed by atoms with E-state index in [1.54, 1.807) is 0 Å². The van der Waals surface area contributed by atoms with Gasteiger partial charge in [0.25, 0.3) is 0 Å². The van der Waals surface area contributed by atoms with Crippen LogP contribution in [0.1, 0.15) is 26.2 Å². The molecule has 0 bridgehead atoms. The molecular weight excluding hydrogens is 368 g/mol.